The summed E-state index contributed by atoms with van der Waals surface area (Å²) >= 11 is 0. The van der Waals surface area contributed by atoms with E-state index in [1.807, 2.05) is 6.92 Å². The Morgan fingerprint density at radius 2 is 1.09 bits per heavy atom. The largest absolute Gasteiger partial charge is 0.491 e. The van der Waals surface area contributed by atoms with Gasteiger partial charge in [0.05, 0.1) is 0 Å². The summed E-state index contributed by atoms with van der Waals surface area (Å²) in [7, 11) is 0. The minimum atomic E-state index is -0.845. The number of unbranched alkanes of at least 4 members (excludes halogenated alkanes) is 1. The van der Waals surface area contributed by atoms with Gasteiger partial charge >= 0.3 is 0 Å². The number of hydrogen-bond acceptors (Lipinski definition) is 7. The average molecular weight is 1090 g/mol. The van der Waals surface area contributed by atoms with Crippen molar-refractivity contribution in [2.24, 2.45) is 53.1 Å². The molecule has 4 rings (SSSR count). The van der Waals surface area contributed by atoms with E-state index in [1.54, 1.807) is 0 Å². The van der Waals surface area contributed by atoms with Crippen LogP contribution in [0, 0.1) is 68.1 Å². The second-order valence-electron chi connectivity index (χ2n) is 27.2. The summed E-state index contributed by atoms with van der Waals surface area (Å²) in [6, 6.07) is -0.845. The molecule has 0 saturated carbocycles. The number of fused-ring (bicyclic) bond motifs is 2. The lowest BCUT2D eigenvalue weighted by Gasteiger charge is -2.45. The Hall–Kier alpha value is -3.69. The van der Waals surface area contributed by atoms with E-state index in [9.17, 15) is 14.4 Å². The van der Waals surface area contributed by atoms with E-state index in [0.29, 0.717) is 31.6 Å². The number of allylic oxidation sites excluding steroid dienone is 4. The first-order valence-corrected chi connectivity index (χ1v) is 31.9. The maximum Gasteiger partial charge on any atom is 0.258 e. The van der Waals surface area contributed by atoms with E-state index >= 15 is 0 Å². The van der Waals surface area contributed by atoms with Crippen LogP contribution in [0.5, 0.6) is 11.5 Å². The topological polar surface area (TPSA) is 138 Å². The highest BCUT2D eigenvalue weighted by molar-refractivity contribution is 5.87. The van der Waals surface area contributed by atoms with Crippen molar-refractivity contribution in [1.82, 2.24) is 10.6 Å². The molecule has 2 aliphatic heterocycles. The second-order valence-corrected chi connectivity index (χ2v) is 27.2. The monoisotopic (exact) mass is 1090 g/mol. The second kappa shape index (κ2) is 32.7. The van der Waals surface area contributed by atoms with Crippen LogP contribution in [0.3, 0.4) is 0 Å². The lowest BCUT2D eigenvalue weighted by atomic mass is 9.73. The first-order valence-electron chi connectivity index (χ1n) is 31.9. The molecule has 0 radical (unpaired) electrons. The smallest absolute Gasteiger partial charge is 0.258 e. The van der Waals surface area contributed by atoms with Crippen LogP contribution >= 0.6 is 0 Å². The Kier molecular flexibility index (Phi) is 28.0. The fourth-order valence-electron chi connectivity index (χ4n) is 13.0. The zero-order valence-electron chi connectivity index (χ0n) is 52.9. The molecule has 446 valence electrons. The first kappa shape index (κ1) is 66.8. The molecule has 3 amide bonds. The average Bonchev–Trinajstić information content (AvgIpc) is 3.45. The van der Waals surface area contributed by atoms with E-state index in [2.05, 4.69) is 114 Å². The SMILES string of the molecule is CC1=C2O[C@](C)(CCC[C@H](C)CCC[C@H](C)CCCC(C)C)CCC2[C@H](C)C(OCC(=O)NCCCC[C@H](NC(=O)COc2c(C)c(C)c3c(c2C)CC[C@@](C)(CCC[C@H](C)CCC[C@H](C)CCCC(C)C)O3)C(N)=O)=C1C. The highest BCUT2D eigenvalue weighted by Crippen LogP contribution is 2.49. The van der Waals surface area contributed by atoms with Crippen molar-refractivity contribution in [1.29, 1.82) is 0 Å². The van der Waals surface area contributed by atoms with Gasteiger partial charge in [-0.25, -0.2) is 0 Å². The third-order valence-corrected chi connectivity index (χ3v) is 18.7. The van der Waals surface area contributed by atoms with Gasteiger partial charge in [-0.2, -0.15) is 0 Å². The highest BCUT2D eigenvalue weighted by Gasteiger charge is 2.43. The number of primary amides is 1. The molecule has 10 heteroatoms. The zero-order valence-corrected chi connectivity index (χ0v) is 52.9. The fourth-order valence-corrected chi connectivity index (χ4v) is 13.0. The van der Waals surface area contributed by atoms with Gasteiger partial charge in [0, 0.05) is 23.9 Å². The molecular weight excluding hydrogens is 971 g/mol. The van der Waals surface area contributed by atoms with Gasteiger partial charge < -0.3 is 35.3 Å². The van der Waals surface area contributed by atoms with Gasteiger partial charge in [-0.15, -0.1) is 0 Å². The predicted molar refractivity (Wildman–Crippen MR) is 324 cm³/mol. The van der Waals surface area contributed by atoms with E-state index < -0.39 is 17.9 Å². The number of benzene rings is 1. The molecule has 1 aromatic carbocycles. The lowest BCUT2D eigenvalue weighted by Crippen LogP contribution is -2.46. The molecule has 4 N–H and O–H groups in total. The molecule has 0 aromatic heterocycles. The van der Waals surface area contributed by atoms with E-state index in [0.717, 1.165) is 131 Å². The Morgan fingerprint density at radius 3 is 1.62 bits per heavy atom. The van der Waals surface area contributed by atoms with Gasteiger partial charge in [0.2, 0.25) is 5.91 Å². The van der Waals surface area contributed by atoms with Gasteiger partial charge in [0.25, 0.3) is 11.8 Å². The molecule has 1 aromatic rings. The molecule has 3 aliphatic rings. The van der Waals surface area contributed by atoms with E-state index in [-0.39, 0.29) is 42.2 Å². The number of ether oxygens (including phenoxy) is 4. The Balaban J connectivity index is 1.15. The van der Waals surface area contributed by atoms with Crippen LogP contribution in [-0.2, 0) is 30.3 Å². The molecule has 1 fully saturated rings. The minimum absolute atomic E-state index is 0.0622. The van der Waals surface area contributed by atoms with Crippen LogP contribution in [0.2, 0.25) is 0 Å². The van der Waals surface area contributed by atoms with Crippen molar-refractivity contribution in [3.05, 3.63) is 44.9 Å². The first-order chi connectivity index (χ1) is 36.8. The van der Waals surface area contributed by atoms with Crippen LogP contribution in [0.25, 0.3) is 0 Å². The van der Waals surface area contributed by atoms with Crippen LogP contribution in [0.15, 0.2) is 22.7 Å². The fraction of sp³-hybridized carbons (Fsp3) is 0.809. The number of carbonyl (C=O) groups is 3. The molecule has 1 aliphatic carbocycles. The maximum atomic E-state index is 13.2. The van der Waals surface area contributed by atoms with E-state index in [1.165, 1.54) is 96.3 Å². The van der Waals surface area contributed by atoms with Gasteiger partial charge in [0.15, 0.2) is 13.2 Å². The third-order valence-electron chi connectivity index (χ3n) is 18.7. The summed E-state index contributed by atoms with van der Waals surface area (Å²) in [5.74, 6) is 7.58. The number of nitrogens with two attached hydrogens (primary N) is 1. The van der Waals surface area contributed by atoms with Gasteiger partial charge in [0.1, 0.15) is 40.3 Å². The van der Waals surface area contributed by atoms with Gasteiger partial charge in [-0.1, -0.05) is 152 Å². The molecule has 78 heavy (non-hydrogen) atoms. The zero-order chi connectivity index (χ0) is 57.7. The summed E-state index contributed by atoms with van der Waals surface area (Å²) in [4.78, 5) is 38.8. The maximum absolute atomic E-state index is 13.2. The normalized spacial score (nSPS) is 22.2. The number of hydrogen-bond donors (Lipinski definition) is 3. The predicted octanol–water partition coefficient (Wildman–Crippen LogP) is 16.6. The van der Waals surface area contributed by atoms with Crippen molar-refractivity contribution >= 4 is 17.7 Å². The molecule has 10 nitrogen and oxygen atoms in total. The Morgan fingerprint density at radius 1 is 0.590 bits per heavy atom. The number of carbonyl (C=O) groups excluding carboxylic acids is 3. The van der Waals surface area contributed by atoms with Crippen molar-refractivity contribution in [3.63, 3.8) is 0 Å². The van der Waals surface area contributed by atoms with Crippen LogP contribution in [0.1, 0.15) is 266 Å². The van der Waals surface area contributed by atoms with E-state index in [4.69, 9.17) is 24.7 Å². The quantitative estimate of drug-likeness (QED) is 0.0564. The standard InChI is InChI=1S/C68H117N3O7/c1-45(2)25-19-27-47(5)29-21-31-49(7)33-23-38-67(15)40-36-57-55(13)62(51(9)53(11)64(57)77-67)75-43-60(72)70-42-18-17-35-59(66(69)74)71-61(73)44-76-63-52(10)54(12)65-58(56(63)14)37-41-68(16,78-65)39-24-34-50(8)32-22-30-48(6)28-20-26-46(3)4/h45-50,55,57,59H,17-44H2,1-16H3,(H2,69,74)(H,70,72)(H,71,73)/t47-,48-,49-,50-,55+,57?,59+,67-,68-/m1/s1. The number of rotatable bonds is 37. The summed E-state index contributed by atoms with van der Waals surface area (Å²) in [6.45, 7) is 36.3. The Bertz CT molecular complexity index is 2110. The summed E-state index contributed by atoms with van der Waals surface area (Å²) in [6.07, 6.45) is 28.5. The number of amides is 3. The summed E-state index contributed by atoms with van der Waals surface area (Å²) in [5, 5.41) is 5.78. The molecule has 1 saturated heterocycles. The van der Waals surface area contributed by atoms with Crippen molar-refractivity contribution in [2.45, 2.75) is 289 Å². The Labute approximate surface area is 477 Å². The van der Waals surface area contributed by atoms with Gasteiger partial charge in [-0.3, -0.25) is 14.4 Å². The molecule has 1 unspecified atom stereocenters. The van der Waals surface area contributed by atoms with Crippen molar-refractivity contribution in [2.75, 3.05) is 19.8 Å². The van der Waals surface area contributed by atoms with Crippen molar-refractivity contribution in [3.8, 4) is 11.5 Å². The number of nitrogens with one attached hydrogen (secondary N) is 2. The lowest BCUT2D eigenvalue weighted by molar-refractivity contribution is -0.128. The molecular formula is C68H117N3O7. The molecule has 0 bridgehead atoms. The van der Waals surface area contributed by atoms with Crippen LogP contribution in [0.4, 0.5) is 0 Å². The molecule has 2 heterocycles. The summed E-state index contributed by atoms with van der Waals surface area (Å²) < 4.78 is 26.3. The summed E-state index contributed by atoms with van der Waals surface area (Å²) in [5.41, 5.74) is 11.8. The minimum Gasteiger partial charge on any atom is -0.491 e. The molecule has 0 spiro atoms. The van der Waals surface area contributed by atoms with Crippen LogP contribution < -0.4 is 25.8 Å². The molecule has 9 atom stereocenters. The van der Waals surface area contributed by atoms with Crippen molar-refractivity contribution < 1.29 is 33.3 Å². The highest BCUT2D eigenvalue weighted by atomic mass is 16.5. The van der Waals surface area contributed by atoms with Gasteiger partial charge in [-0.05, 0) is 182 Å². The third kappa shape index (κ3) is 21.7. The van der Waals surface area contributed by atoms with Crippen LogP contribution in [-0.4, -0.2) is 54.7 Å².